The minimum absolute atomic E-state index is 0.00866. The zero-order valence-electron chi connectivity index (χ0n) is 13.6. The van der Waals surface area contributed by atoms with Gasteiger partial charge in [0.1, 0.15) is 5.58 Å². The van der Waals surface area contributed by atoms with E-state index >= 15 is 0 Å². The van der Waals surface area contributed by atoms with Crippen LogP contribution >= 0.6 is 0 Å². The summed E-state index contributed by atoms with van der Waals surface area (Å²) in [5.41, 5.74) is -0.397. The molecule has 0 saturated heterocycles. The van der Waals surface area contributed by atoms with Gasteiger partial charge in [0.2, 0.25) is 0 Å². The molecule has 23 heavy (non-hydrogen) atoms. The van der Waals surface area contributed by atoms with Crippen molar-refractivity contribution in [3.8, 4) is 0 Å². The molecule has 0 N–H and O–H groups in total. The fraction of sp³-hybridized carbons (Fsp3) is 0.500. The standard InChI is InChI=1S/C18H19F3O2/c1-16(2)5-6-17(3,4)13-8-14-10(7-12(13)16)11(18(19,20)21)9-15(22)23-14/h7-9H,5-6H2,1-4H3. The van der Waals surface area contributed by atoms with Crippen molar-refractivity contribution in [3.05, 3.63) is 45.3 Å². The van der Waals surface area contributed by atoms with E-state index in [1.807, 2.05) is 13.8 Å². The Morgan fingerprint density at radius 2 is 1.48 bits per heavy atom. The largest absolute Gasteiger partial charge is 0.423 e. The molecule has 1 aliphatic rings. The molecule has 3 rings (SSSR count). The Balaban J connectivity index is 2.44. The quantitative estimate of drug-likeness (QED) is 0.627. The van der Waals surface area contributed by atoms with E-state index in [0.29, 0.717) is 6.07 Å². The van der Waals surface area contributed by atoms with Gasteiger partial charge in [0, 0.05) is 11.5 Å². The summed E-state index contributed by atoms with van der Waals surface area (Å²) in [4.78, 5) is 11.5. The summed E-state index contributed by atoms with van der Waals surface area (Å²) in [6.45, 7) is 8.22. The highest BCUT2D eigenvalue weighted by atomic mass is 19.4. The lowest BCUT2D eigenvalue weighted by Crippen LogP contribution is -2.33. The van der Waals surface area contributed by atoms with Crippen molar-refractivity contribution in [3.63, 3.8) is 0 Å². The maximum absolute atomic E-state index is 13.3. The molecule has 0 radical (unpaired) electrons. The van der Waals surface area contributed by atoms with Gasteiger partial charge in [-0.1, -0.05) is 27.7 Å². The average molecular weight is 324 g/mol. The molecular formula is C18H19F3O2. The van der Waals surface area contributed by atoms with E-state index in [9.17, 15) is 18.0 Å². The second kappa shape index (κ2) is 4.62. The highest BCUT2D eigenvalue weighted by Gasteiger charge is 2.39. The van der Waals surface area contributed by atoms with Crippen LogP contribution in [-0.4, -0.2) is 0 Å². The molecule has 1 aliphatic carbocycles. The van der Waals surface area contributed by atoms with E-state index < -0.39 is 17.4 Å². The average Bonchev–Trinajstić information content (AvgIpc) is 2.41. The molecule has 2 aromatic rings. The van der Waals surface area contributed by atoms with Gasteiger partial charge in [0.25, 0.3) is 0 Å². The minimum atomic E-state index is -4.59. The molecule has 0 bridgehead atoms. The lowest BCUT2D eigenvalue weighted by Gasteiger charge is -2.42. The molecule has 2 nitrogen and oxygen atoms in total. The second-order valence-corrected chi connectivity index (χ2v) is 7.64. The van der Waals surface area contributed by atoms with Gasteiger partial charge in [-0.2, -0.15) is 13.2 Å². The Hall–Kier alpha value is -1.78. The van der Waals surface area contributed by atoms with Crippen LogP contribution in [0, 0.1) is 0 Å². The molecule has 0 saturated carbocycles. The van der Waals surface area contributed by atoms with Crippen molar-refractivity contribution in [2.75, 3.05) is 0 Å². The van der Waals surface area contributed by atoms with Crippen molar-refractivity contribution in [2.45, 2.75) is 57.5 Å². The van der Waals surface area contributed by atoms with E-state index in [2.05, 4.69) is 13.8 Å². The highest BCUT2D eigenvalue weighted by molar-refractivity contribution is 5.83. The van der Waals surface area contributed by atoms with Crippen molar-refractivity contribution in [1.82, 2.24) is 0 Å². The Kier molecular flexibility index (Phi) is 3.23. The predicted molar refractivity (Wildman–Crippen MR) is 82.8 cm³/mol. The summed E-state index contributed by atoms with van der Waals surface area (Å²) in [6.07, 6.45) is -2.75. The molecule has 0 aliphatic heterocycles. The Morgan fingerprint density at radius 1 is 0.957 bits per heavy atom. The van der Waals surface area contributed by atoms with Crippen LogP contribution in [0.25, 0.3) is 11.0 Å². The normalized spacial score (nSPS) is 19.6. The second-order valence-electron chi connectivity index (χ2n) is 7.64. The smallest absolute Gasteiger partial charge is 0.417 e. The molecule has 1 aromatic heterocycles. The number of fused-ring (bicyclic) bond motifs is 2. The van der Waals surface area contributed by atoms with Gasteiger partial charge in [-0.15, -0.1) is 0 Å². The van der Waals surface area contributed by atoms with Gasteiger partial charge in [-0.25, -0.2) is 4.79 Å². The number of halogens is 3. The molecule has 124 valence electrons. The fourth-order valence-electron chi connectivity index (χ4n) is 3.46. The van der Waals surface area contributed by atoms with Crippen LogP contribution in [0.2, 0.25) is 0 Å². The Morgan fingerprint density at radius 3 is 2.00 bits per heavy atom. The number of hydrogen-bond acceptors (Lipinski definition) is 2. The monoisotopic (exact) mass is 324 g/mol. The lowest BCUT2D eigenvalue weighted by atomic mass is 9.63. The van der Waals surface area contributed by atoms with Crippen LogP contribution in [0.3, 0.4) is 0 Å². The Bertz CT molecular complexity index is 842. The topological polar surface area (TPSA) is 30.2 Å². The summed E-state index contributed by atoms with van der Waals surface area (Å²) in [6, 6.07) is 3.73. The third-order valence-electron chi connectivity index (χ3n) is 5.02. The van der Waals surface area contributed by atoms with E-state index in [0.717, 1.165) is 24.0 Å². The SMILES string of the molecule is CC1(C)CCC(C)(C)c2cc3c(C(F)(F)F)cc(=O)oc3cc21. The summed E-state index contributed by atoms with van der Waals surface area (Å²) >= 11 is 0. The van der Waals surface area contributed by atoms with Crippen molar-refractivity contribution in [2.24, 2.45) is 0 Å². The molecule has 0 amide bonds. The van der Waals surface area contributed by atoms with Gasteiger partial charge in [-0.05, 0) is 46.9 Å². The first kappa shape index (κ1) is 16.1. The summed E-state index contributed by atoms with van der Waals surface area (Å²) < 4.78 is 45.0. The van der Waals surface area contributed by atoms with Gasteiger partial charge in [-0.3, -0.25) is 0 Å². The van der Waals surface area contributed by atoms with Crippen LogP contribution in [0.15, 0.2) is 27.4 Å². The summed E-state index contributed by atoms with van der Waals surface area (Å²) in [7, 11) is 0. The number of hydrogen-bond donors (Lipinski definition) is 0. The maximum atomic E-state index is 13.3. The first-order valence-electron chi connectivity index (χ1n) is 7.62. The molecule has 0 spiro atoms. The first-order chi connectivity index (χ1) is 10.4. The number of benzene rings is 1. The van der Waals surface area contributed by atoms with Gasteiger partial charge in [0.05, 0.1) is 5.56 Å². The van der Waals surface area contributed by atoms with Gasteiger partial charge in [0.15, 0.2) is 0 Å². The van der Waals surface area contributed by atoms with Crippen LogP contribution in [0.1, 0.15) is 57.2 Å². The lowest BCUT2D eigenvalue weighted by molar-refractivity contribution is -0.136. The van der Waals surface area contributed by atoms with Crippen molar-refractivity contribution in [1.29, 1.82) is 0 Å². The molecule has 0 unspecified atom stereocenters. The third-order valence-corrected chi connectivity index (χ3v) is 5.02. The molecular weight excluding hydrogens is 305 g/mol. The van der Waals surface area contributed by atoms with E-state index in [1.165, 1.54) is 0 Å². The van der Waals surface area contributed by atoms with Crippen LogP contribution in [0.4, 0.5) is 13.2 Å². The first-order valence-corrected chi connectivity index (χ1v) is 7.62. The zero-order chi connectivity index (χ0) is 17.2. The third kappa shape index (κ3) is 2.56. The van der Waals surface area contributed by atoms with Crippen molar-refractivity contribution >= 4 is 11.0 Å². The highest BCUT2D eigenvalue weighted by Crippen LogP contribution is 2.47. The van der Waals surface area contributed by atoms with Crippen LogP contribution in [0.5, 0.6) is 0 Å². The molecule has 1 aromatic carbocycles. The molecule has 0 fully saturated rings. The molecule has 0 atom stereocenters. The van der Waals surface area contributed by atoms with Crippen LogP contribution in [-0.2, 0) is 17.0 Å². The predicted octanol–water partition coefficient (Wildman–Crippen LogP) is 5.16. The van der Waals surface area contributed by atoms with Gasteiger partial charge >= 0.3 is 11.8 Å². The Labute approximate surface area is 132 Å². The number of rotatable bonds is 0. The molecule has 1 heterocycles. The molecule has 5 heteroatoms. The summed E-state index contributed by atoms with van der Waals surface area (Å²) in [5.74, 6) is 0. The van der Waals surface area contributed by atoms with Gasteiger partial charge < -0.3 is 4.42 Å². The van der Waals surface area contributed by atoms with E-state index in [4.69, 9.17) is 4.42 Å². The minimum Gasteiger partial charge on any atom is -0.423 e. The van der Waals surface area contributed by atoms with Crippen LogP contribution < -0.4 is 5.63 Å². The van der Waals surface area contributed by atoms with E-state index in [-0.39, 0.29) is 21.8 Å². The fourth-order valence-corrected chi connectivity index (χ4v) is 3.46. The zero-order valence-corrected chi connectivity index (χ0v) is 13.6. The van der Waals surface area contributed by atoms with Crippen molar-refractivity contribution < 1.29 is 17.6 Å². The van der Waals surface area contributed by atoms with E-state index in [1.54, 1.807) is 12.1 Å². The maximum Gasteiger partial charge on any atom is 0.417 e. The summed E-state index contributed by atoms with van der Waals surface area (Å²) in [5, 5.41) is -0.0402. The number of alkyl halides is 3.